The van der Waals surface area contributed by atoms with Gasteiger partial charge in [-0.1, -0.05) is 25.1 Å². The number of benzene rings is 2. The average molecular weight is 348 g/mol. The van der Waals surface area contributed by atoms with Crippen molar-refractivity contribution in [1.29, 1.82) is 0 Å². The van der Waals surface area contributed by atoms with Crippen LogP contribution in [-0.2, 0) is 24.1 Å². The molecule has 2 amide bonds. The number of carbonyl (C=O) groups is 2. The third kappa shape index (κ3) is 3.24. The molecule has 1 heterocycles. The van der Waals surface area contributed by atoms with Gasteiger partial charge in [0.1, 0.15) is 0 Å². The molecule has 2 aliphatic rings. The molecule has 26 heavy (non-hydrogen) atoms. The lowest BCUT2D eigenvalue weighted by Crippen LogP contribution is -2.28. The van der Waals surface area contributed by atoms with Gasteiger partial charge in [0, 0.05) is 11.3 Å². The minimum Gasteiger partial charge on any atom is -0.345 e. The van der Waals surface area contributed by atoms with Crippen LogP contribution in [0.15, 0.2) is 36.4 Å². The number of hydrogen-bond acceptors (Lipinski definition) is 2. The topological polar surface area (TPSA) is 58.2 Å². The number of carbonyl (C=O) groups excluding carboxylic acids is 2. The summed E-state index contributed by atoms with van der Waals surface area (Å²) in [4.78, 5) is 24.2. The predicted octanol–water partition coefficient (Wildman–Crippen LogP) is 3.94. The van der Waals surface area contributed by atoms with Crippen molar-refractivity contribution in [3.05, 3.63) is 64.2 Å². The van der Waals surface area contributed by atoms with Gasteiger partial charge in [-0.3, -0.25) is 9.59 Å². The van der Waals surface area contributed by atoms with Crippen LogP contribution in [0, 0.1) is 0 Å². The minimum atomic E-state index is -0.0864. The van der Waals surface area contributed by atoms with Gasteiger partial charge in [0.15, 0.2) is 0 Å². The second-order valence-corrected chi connectivity index (χ2v) is 7.27. The first kappa shape index (κ1) is 16.8. The van der Waals surface area contributed by atoms with Gasteiger partial charge in [0.05, 0.1) is 12.5 Å². The molecule has 2 aromatic carbocycles. The van der Waals surface area contributed by atoms with Gasteiger partial charge in [0.25, 0.3) is 5.91 Å². The zero-order valence-corrected chi connectivity index (χ0v) is 15.1. The van der Waals surface area contributed by atoms with E-state index in [1.54, 1.807) is 6.07 Å². The Hall–Kier alpha value is -2.62. The second-order valence-electron chi connectivity index (χ2n) is 7.27. The monoisotopic (exact) mass is 348 g/mol. The fourth-order valence-corrected chi connectivity index (χ4v) is 4.00. The smallest absolute Gasteiger partial charge is 0.251 e. The SMILES string of the molecule is CCC(NC(=O)c1ccc2c(c1)CC(=O)N2)c1ccc2c(c1)CCCC2. The fourth-order valence-electron chi connectivity index (χ4n) is 4.00. The molecule has 4 nitrogen and oxygen atoms in total. The first-order valence-corrected chi connectivity index (χ1v) is 9.49. The van der Waals surface area contributed by atoms with E-state index >= 15 is 0 Å². The Balaban J connectivity index is 1.52. The predicted molar refractivity (Wildman–Crippen MR) is 102 cm³/mol. The molecule has 4 heteroatoms. The standard InChI is InChI=1S/C22H24N2O2/c1-2-19(16-8-7-14-5-3-4-6-15(14)11-16)24-22(26)17-9-10-20-18(12-17)13-21(25)23-20/h7-12,19H,2-6,13H2,1H3,(H,23,25)(H,24,26). The van der Waals surface area contributed by atoms with Gasteiger partial charge in [-0.15, -0.1) is 0 Å². The van der Waals surface area contributed by atoms with Crippen LogP contribution in [0.4, 0.5) is 5.69 Å². The van der Waals surface area contributed by atoms with Gasteiger partial charge in [0.2, 0.25) is 5.91 Å². The zero-order chi connectivity index (χ0) is 18.1. The highest BCUT2D eigenvalue weighted by molar-refractivity contribution is 6.01. The molecule has 0 spiro atoms. The Morgan fingerprint density at radius 1 is 1.08 bits per heavy atom. The molecular weight excluding hydrogens is 324 g/mol. The third-order valence-corrected chi connectivity index (χ3v) is 5.48. The summed E-state index contributed by atoms with van der Waals surface area (Å²) in [7, 11) is 0. The lowest BCUT2D eigenvalue weighted by atomic mass is 9.88. The van der Waals surface area contributed by atoms with E-state index < -0.39 is 0 Å². The summed E-state index contributed by atoms with van der Waals surface area (Å²) in [6.07, 6.45) is 6.02. The third-order valence-electron chi connectivity index (χ3n) is 5.48. The highest BCUT2D eigenvalue weighted by Crippen LogP contribution is 2.27. The molecule has 134 valence electrons. The molecule has 1 aliphatic carbocycles. The van der Waals surface area contributed by atoms with Crippen molar-refractivity contribution >= 4 is 17.5 Å². The molecular formula is C22H24N2O2. The Bertz CT molecular complexity index is 872. The van der Waals surface area contributed by atoms with Crippen LogP contribution in [-0.4, -0.2) is 11.8 Å². The van der Waals surface area contributed by atoms with E-state index in [0.29, 0.717) is 12.0 Å². The molecule has 0 saturated heterocycles. The normalized spacial score (nSPS) is 16.4. The van der Waals surface area contributed by atoms with Crippen LogP contribution >= 0.6 is 0 Å². The highest BCUT2D eigenvalue weighted by Gasteiger charge is 2.21. The van der Waals surface area contributed by atoms with Crippen LogP contribution < -0.4 is 10.6 Å². The molecule has 0 bridgehead atoms. The van der Waals surface area contributed by atoms with Gasteiger partial charge in [-0.25, -0.2) is 0 Å². The maximum atomic E-state index is 12.7. The molecule has 0 radical (unpaired) electrons. The quantitative estimate of drug-likeness (QED) is 0.879. The van der Waals surface area contributed by atoms with E-state index in [0.717, 1.165) is 24.1 Å². The van der Waals surface area contributed by atoms with E-state index in [-0.39, 0.29) is 17.9 Å². The Morgan fingerprint density at radius 2 is 1.88 bits per heavy atom. The van der Waals surface area contributed by atoms with E-state index in [4.69, 9.17) is 0 Å². The van der Waals surface area contributed by atoms with Gasteiger partial charge in [-0.2, -0.15) is 0 Å². The number of amides is 2. The van der Waals surface area contributed by atoms with Gasteiger partial charge >= 0.3 is 0 Å². The van der Waals surface area contributed by atoms with Crippen LogP contribution in [0.1, 0.15) is 64.8 Å². The van der Waals surface area contributed by atoms with Gasteiger partial charge < -0.3 is 10.6 Å². The van der Waals surface area contributed by atoms with Crippen LogP contribution in [0.2, 0.25) is 0 Å². The lowest BCUT2D eigenvalue weighted by molar-refractivity contribution is -0.115. The molecule has 2 aromatic rings. The Kier molecular flexibility index (Phi) is 4.49. The molecule has 1 atom stereocenters. The zero-order valence-electron chi connectivity index (χ0n) is 15.1. The number of hydrogen-bond donors (Lipinski definition) is 2. The van der Waals surface area contributed by atoms with Crippen molar-refractivity contribution in [1.82, 2.24) is 5.32 Å². The number of nitrogens with one attached hydrogen (secondary N) is 2. The molecule has 2 N–H and O–H groups in total. The molecule has 0 aromatic heterocycles. The first-order chi connectivity index (χ1) is 12.6. The summed E-state index contributed by atoms with van der Waals surface area (Å²) in [5, 5.41) is 5.96. The maximum Gasteiger partial charge on any atom is 0.251 e. The summed E-state index contributed by atoms with van der Waals surface area (Å²) in [5.41, 5.74) is 6.38. The molecule has 1 aliphatic heterocycles. The van der Waals surface area contributed by atoms with Crippen LogP contribution in [0.25, 0.3) is 0 Å². The van der Waals surface area contributed by atoms with E-state index in [2.05, 4.69) is 35.8 Å². The fraction of sp³-hybridized carbons (Fsp3) is 0.364. The number of aryl methyl sites for hydroxylation is 2. The van der Waals surface area contributed by atoms with Crippen molar-refractivity contribution < 1.29 is 9.59 Å². The summed E-state index contributed by atoms with van der Waals surface area (Å²) < 4.78 is 0. The summed E-state index contributed by atoms with van der Waals surface area (Å²) >= 11 is 0. The summed E-state index contributed by atoms with van der Waals surface area (Å²) in [6.45, 7) is 2.09. The summed E-state index contributed by atoms with van der Waals surface area (Å²) in [6, 6.07) is 12.1. The van der Waals surface area contributed by atoms with Crippen molar-refractivity contribution in [2.24, 2.45) is 0 Å². The molecule has 0 saturated carbocycles. The van der Waals surface area contributed by atoms with Gasteiger partial charge in [-0.05, 0) is 72.6 Å². The van der Waals surface area contributed by atoms with Crippen LogP contribution in [0.5, 0.6) is 0 Å². The Morgan fingerprint density at radius 3 is 2.69 bits per heavy atom. The van der Waals surface area contributed by atoms with E-state index in [9.17, 15) is 9.59 Å². The lowest BCUT2D eigenvalue weighted by Gasteiger charge is -2.22. The minimum absolute atomic E-state index is 0.00254. The first-order valence-electron chi connectivity index (χ1n) is 9.49. The summed E-state index contributed by atoms with van der Waals surface area (Å²) in [5.74, 6) is -0.102. The van der Waals surface area contributed by atoms with E-state index in [1.807, 2.05) is 12.1 Å². The number of fused-ring (bicyclic) bond motifs is 2. The molecule has 4 rings (SSSR count). The highest BCUT2D eigenvalue weighted by atomic mass is 16.2. The van der Waals surface area contributed by atoms with Crippen molar-refractivity contribution in [3.63, 3.8) is 0 Å². The van der Waals surface area contributed by atoms with Crippen molar-refractivity contribution in [2.45, 2.75) is 51.5 Å². The Labute approximate surface area is 154 Å². The molecule has 0 fully saturated rings. The second kappa shape index (κ2) is 6.94. The molecule has 1 unspecified atom stereocenters. The van der Waals surface area contributed by atoms with E-state index in [1.165, 1.54) is 36.0 Å². The average Bonchev–Trinajstić information content (AvgIpc) is 3.04. The van der Waals surface area contributed by atoms with Crippen molar-refractivity contribution in [3.8, 4) is 0 Å². The van der Waals surface area contributed by atoms with Crippen LogP contribution in [0.3, 0.4) is 0 Å². The maximum absolute atomic E-state index is 12.7. The largest absolute Gasteiger partial charge is 0.345 e. The van der Waals surface area contributed by atoms with Crippen molar-refractivity contribution in [2.75, 3.05) is 5.32 Å². The number of anilines is 1. The number of rotatable bonds is 4.